The van der Waals surface area contributed by atoms with Gasteiger partial charge >= 0.3 is 0 Å². The number of nitrogens with two attached hydrogens (primary N) is 1. The number of nitriles is 1. The van der Waals surface area contributed by atoms with Gasteiger partial charge in [0.05, 0.1) is 23.5 Å². The molecule has 29 heavy (non-hydrogen) atoms. The smallest absolute Gasteiger partial charge is 0.255 e. The number of amides is 1. The summed E-state index contributed by atoms with van der Waals surface area (Å²) in [6.07, 6.45) is 4.87. The SMILES string of the molecule is CN1Cc2ncc(-c3nc(C#N)ccc3C(C=NCC(C)(C)C)=CN)cc2C1=O. The summed E-state index contributed by atoms with van der Waals surface area (Å²) in [6, 6.07) is 7.27. The first-order chi connectivity index (χ1) is 13.7. The van der Waals surface area contributed by atoms with Gasteiger partial charge in [-0.2, -0.15) is 5.26 Å². The van der Waals surface area contributed by atoms with Crippen LogP contribution in [-0.2, 0) is 6.54 Å². The molecule has 7 nitrogen and oxygen atoms in total. The predicted octanol–water partition coefficient (Wildman–Crippen LogP) is 3.02. The molecule has 0 fully saturated rings. The Hall–Kier alpha value is -3.53. The molecule has 148 valence electrons. The topological polar surface area (TPSA) is 108 Å². The van der Waals surface area contributed by atoms with Gasteiger partial charge in [-0.1, -0.05) is 20.8 Å². The lowest BCUT2D eigenvalue weighted by molar-refractivity contribution is 0.0816. The number of fused-ring (bicyclic) bond motifs is 1. The highest BCUT2D eigenvalue weighted by Crippen LogP contribution is 2.30. The van der Waals surface area contributed by atoms with Crippen molar-refractivity contribution in [1.29, 1.82) is 5.26 Å². The zero-order chi connectivity index (χ0) is 21.2. The van der Waals surface area contributed by atoms with Crippen molar-refractivity contribution in [2.45, 2.75) is 27.3 Å². The van der Waals surface area contributed by atoms with E-state index in [0.29, 0.717) is 35.5 Å². The molecule has 1 aliphatic rings. The van der Waals surface area contributed by atoms with Gasteiger partial charge in [-0.15, -0.1) is 0 Å². The Morgan fingerprint density at radius 1 is 1.41 bits per heavy atom. The molecule has 0 saturated heterocycles. The van der Waals surface area contributed by atoms with Crippen LogP contribution in [0, 0.1) is 16.7 Å². The number of hydrogen-bond donors (Lipinski definition) is 1. The third-order valence-electron chi connectivity index (χ3n) is 4.50. The number of hydrogen-bond acceptors (Lipinski definition) is 6. The van der Waals surface area contributed by atoms with Crippen molar-refractivity contribution in [3.8, 4) is 17.3 Å². The average Bonchev–Trinajstić information content (AvgIpc) is 2.97. The molecule has 0 aromatic carbocycles. The lowest BCUT2D eigenvalue weighted by atomic mass is 9.97. The molecule has 2 aromatic rings. The molecule has 0 spiro atoms. The summed E-state index contributed by atoms with van der Waals surface area (Å²) in [7, 11) is 1.74. The van der Waals surface area contributed by atoms with Gasteiger partial charge < -0.3 is 10.6 Å². The second-order valence-electron chi connectivity index (χ2n) is 8.24. The van der Waals surface area contributed by atoms with Gasteiger partial charge in [0.25, 0.3) is 5.91 Å². The molecule has 0 atom stereocenters. The Balaban J connectivity index is 2.08. The maximum Gasteiger partial charge on any atom is 0.255 e. The highest BCUT2D eigenvalue weighted by Gasteiger charge is 2.26. The van der Waals surface area contributed by atoms with Crippen LogP contribution in [0.25, 0.3) is 16.8 Å². The molecular weight excluding hydrogens is 364 g/mol. The number of aliphatic imine (C=N–C) groups is 1. The van der Waals surface area contributed by atoms with Crippen LogP contribution in [0.15, 0.2) is 35.6 Å². The van der Waals surface area contributed by atoms with E-state index < -0.39 is 0 Å². The number of carbonyl (C=O) groups is 1. The highest BCUT2D eigenvalue weighted by molar-refractivity contribution is 6.12. The van der Waals surface area contributed by atoms with Crippen molar-refractivity contribution in [2.24, 2.45) is 16.1 Å². The molecule has 0 saturated carbocycles. The fraction of sp³-hybridized carbons (Fsp3) is 0.318. The summed E-state index contributed by atoms with van der Waals surface area (Å²) in [6.45, 7) is 7.45. The van der Waals surface area contributed by atoms with Crippen molar-refractivity contribution in [2.75, 3.05) is 13.6 Å². The Morgan fingerprint density at radius 2 is 2.17 bits per heavy atom. The summed E-state index contributed by atoms with van der Waals surface area (Å²) in [5.74, 6) is -0.0753. The van der Waals surface area contributed by atoms with Gasteiger partial charge in [-0.25, -0.2) is 4.98 Å². The van der Waals surface area contributed by atoms with Crippen molar-refractivity contribution in [1.82, 2.24) is 14.9 Å². The van der Waals surface area contributed by atoms with Gasteiger partial charge in [0.2, 0.25) is 0 Å². The quantitative estimate of drug-likeness (QED) is 0.810. The number of nitrogens with zero attached hydrogens (tertiary/aromatic N) is 5. The largest absolute Gasteiger partial charge is 0.404 e. The number of aromatic nitrogens is 2. The summed E-state index contributed by atoms with van der Waals surface area (Å²) >= 11 is 0. The molecule has 0 bridgehead atoms. The molecule has 3 rings (SSSR count). The zero-order valence-electron chi connectivity index (χ0n) is 17.1. The zero-order valence-corrected chi connectivity index (χ0v) is 17.1. The van der Waals surface area contributed by atoms with Gasteiger partial charge in [0, 0.05) is 48.9 Å². The monoisotopic (exact) mass is 388 g/mol. The minimum Gasteiger partial charge on any atom is -0.404 e. The fourth-order valence-electron chi connectivity index (χ4n) is 3.03. The molecule has 1 amide bonds. The van der Waals surface area contributed by atoms with Crippen LogP contribution in [0.1, 0.15) is 48.1 Å². The van der Waals surface area contributed by atoms with Gasteiger partial charge in [-0.05, 0) is 23.6 Å². The van der Waals surface area contributed by atoms with Gasteiger partial charge in [0.15, 0.2) is 0 Å². The lowest BCUT2D eigenvalue weighted by Crippen LogP contribution is -2.17. The average molecular weight is 388 g/mol. The minimum absolute atomic E-state index is 0.0538. The molecule has 1 aliphatic heterocycles. The van der Waals surface area contributed by atoms with Crippen LogP contribution >= 0.6 is 0 Å². The Kier molecular flexibility index (Phi) is 5.46. The second-order valence-corrected chi connectivity index (χ2v) is 8.24. The van der Waals surface area contributed by atoms with E-state index in [-0.39, 0.29) is 17.0 Å². The van der Waals surface area contributed by atoms with Crippen LogP contribution in [0.2, 0.25) is 0 Å². The molecule has 2 aromatic heterocycles. The van der Waals surface area contributed by atoms with Crippen molar-refractivity contribution >= 4 is 17.7 Å². The maximum absolute atomic E-state index is 12.4. The van der Waals surface area contributed by atoms with E-state index >= 15 is 0 Å². The van der Waals surface area contributed by atoms with Gasteiger partial charge in [0.1, 0.15) is 11.8 Å². The van der Waals surface area contributed by atoms with E-state index in [1.54, 1.807) is 42.6 Å². The fourth-order valence-corrected chi connectivity index (χ4v) is 3.03. The third kappa shape index (κ3) is 4.32. The number of rotatable bonds is 4. The standard InChI is InChI=1S/C22H24N6O/c1-22(2,3)13-25-10-15(8-23)17-6-5-16(9-24)27-20(17)14-7-18-19(26-11-14)12-28(4)21(18)29/h5-8,10-11H,12-13,23H2,1-4H3. The Bertz CT molecular complexity index is 1060. The van der Waals surface area contributed by atoms with Gasteiger partial charge in [-0.3, -0.25) is 14.8 Å². The molecule has 7 heteroatoms. The van der Waals surface area contributed by atoms with E-state index in [1.807, 2.05) is 0 Å². The Labute approximate surface area is 170 Å². The third-order valence-corrected chi connectivity index (χ3v) is 4.50. The van der Waals surface area contributed by atoms with E-state index in [4.69, 9.17) is 5.73 Å². The van der Waals surface area contributed by atoms with E-state index in [1.165, 1.54) is 6.20 Å². The van der Waals surface area contributed by atoms with E-state index in [2.05, 4.69) is 41.8 Å². The van der Waals surface area contributed by atoms with Crippen molar-refractivity contribution in [3.63, 3.8) is 0 Å². The molecule has 3 heterocycles. The van der Waals surface area contributed by atoms with Crippen molar-refractivity contribution in [3.05, 3.63) is 53.1 Å². The van der Waals surface area contributed by atoms with Crippen LogP contribution in [-0.4, -0.2) is 40.6 Å². The normalized spacial score (nSPS) is 14.4. The predicted molar refractivity (Wildman–Crippen MR) is 113 cm³/mol. The maximum atomic E-state index is 12.4. The molecule has 0 unspecified atom stereocenters. The van der Waals surface area contributed by atoms with Crippen molar-refractivity contribution < 1.29 is 4.79 Å². The first-order valence-corrected chi connectivity index (χ1v) is 9.31. The number of pyridine rings is 2. The first kappa shape index (κ1) is 20.2. The van der Waals surface area contributed by atoms with Crippen LogP contribution in [0.3, 0.4) is 0 Å². The minimum atomic E-state index is -0.0753. The number of allylic oxidation sites excluding steroid dienone is 1. The van der Waals surface area contributed by atoms with Crippen LogP contribution < -0.4 is 5.73 Å². The summed E-state index contributed by atoms with van der Waals surface area (Å²) in [5, 5.41) is 9.30. The first-order valence-electron chi connectivity index (χ1n) is 9.31. The second kappa shape index (κ2) is 7.84. The summed E-state index contributed by atoms with van der Waals surface area (Å²) in [4.78, 5) is 27.4. The van der Waals surface area contributed by atoms with E-state index in [0.717, 1.165) is 11.3 Å². The Morgan fingerprint density at radius 3 is 2.83 bits per heavy atom. The number of carbonyl (C=O) groups excluding carboxylic acids is 1. The summed E-state index contributed by atoms with van der Waals surface area (Å²) < 4.78 is 0. The molecule has 0 radical (unpaired) electrons. The molecule has 0 aliphatic carbocycles. The van der Waals surface area contributed by atoms with Crippen LogP contribution in [0.4, 0.5) is 0 Å². The van der Waals surface area contributed by atoms with Crippen LogP contribution in [0.5, 0.6) is 0 Å². The highest BCUT2D eigenvalue weighted by atomic mass is 16.2. The molecular formula is C22H24N6O. The van der Waals surface area contributed by atoms with E-state index in [9.17, 15) is 10.1 Å². The lowest BCUT2D eigenvalue weighted by Gasteiger charge is -2.14. The summed E-state index contributed by atoms with van der Waals surface area (Å²) in [5.41, 5.74) is 10.1. The molecule has 2 N–H and O–H groups in total.